The van der Waals surface area contributed by atoms with Gasteiger partial charge >= 0.3 is 5.69 Å². The van der Waals surface area contributed by atoms with Gasteiger partial charge in [-0.2, -0.15) is 0 Å². The lowest BCUT2D eigenvalue weighted by Crippen LogP contribution is -2.24. The maximum atomic E-state index is 11.3. The summed E-state index contributed by atoms with van der Waals surface area (Å²) in [6.45, 7) is 6.41. The van der Waals surface area contributed by atoms with Gasteiger partial charge in [0.25, 0.3) is 5.56 Å². The Balaban J connectivity index is 2.87. The maximum absolute atomic E-state index is 11.3. The minimum Gasteiger partial charge on any atom is -0.314 e. The van der Waals surface area contributed by atoms with E-state index in [2.05, 4.69) is 41.1 Å². The summed E-state index contributed by atoms with van der Waals surface area (Å²) in [7, 11) is -1.38. The summed E-state index contributed by atoms with van der Waals surface area (Å²) in [5.74, 6) is 2.97. The van der Waals surface area contributed by atoms with Gasteiger partial charge in [-0.3, -0.25) is 9.78 Å². The van der Waals surface area contributed by atoms with E-state index >= 15 is 0 Å². The van der Waals surface area contributed by atoms with Crippen molar-refractivity contribution in [2.75, 3.05) is 0 Å². The van der Waals surface area contributed by atoms with Gasteiger partial charge in [0.05, 0.1) is 0 Å². The Hall–Kier alpha value is -1.54. The zero-order valence-electron chi connectivity index (χ0n) is 9.10. The van der Waals surface area contributed by atoms with E-state index in [1.807, 2.05) is 0 Å². The zero-order valence-corrected chi connectivity index (χ0v) is 10.1. The van der Waals surface area contributed by atoms with Gasteiger partial charge in [-0.05, 0) is 0 Å². The summed E-state index contributed by atoms with van der Waals surface area (Å²) in [6.07, 6.45) is 1.80. The van der Waals surface area contributed by atoms with Crippen molar-refractivity contribution >= 4 is 8.07 Å². The topological polar surface area (TPSA) is 65.7 Å². The summed E-state index contributed by atoms with van der Waals surface area (Å²) in [6, 6.07) is 0. The van der Waals surface area contributed by atoms with Gasteiger partial charge in [0.1, 0.15) is 8.07 Å². The predicted octanol–water partition coefficient (Wildman–Crippen LogP) is 0.487. The van der Waals surface area contributed by atoms with Crippen LogP contribution in [0, 0.1) is 11.5 Å². The number of aromatic amines is 2. The summed E-state index contributed by atoms with van der Waals surface area (Å²) in [5, 5.41) is 0. The molecule has 1 rings (SSSR count). The Morgan fingerprint density at radius 1 is 1.33 bits per heavy atom. The second kappa shape index (κ2) is 4.32. The number of nitrogens with one attached hydrogen (secondary N) is 2. The number of hydrogen-bond acceptors (Lipinski definition) is 2. The van der Waals surface area contributed by atoms with Crippen LogP contribution >= 0.6 is 0 Å². The maximum Gasteiger partial charge on any atom is 0.325 e. The molecular formula is C10H14N2O2Si. The van der Waals surface area contributed by atoms with E-state index in [1.54, 1.807) is 0 Å². The highest BCUT2D eigenvalue weighted by molar-refractivity contribution is 6.83. The SMILES string of the molecule is C[Si](C)(C)C#CCc1c[nH]c(=O)[nH]c1=O. The van der Waals surface area contributed by atoms with E-state index in [1.165, 1.54) is 6.20 Å². The first-order chi connectivity index (χ1) is 6.88. The fourth-order valence-corrected chi connectivity index (χ4v) is 1.59. The van der Waals surface area contributed by atoms with Crippen LogP contribution in [0.4, 0.5) is 0 Å². The van der Waals surface area contributed by atoms with Crippen LogP contribution in [0.25, 0.3) is 0 Å². The third-order valence-electron chi connectivity index (χ3n) is 1.64. The lowest BCUT2D eigenvalue weighted by molar-refractivity contribution is 0.990. The molecule has 0 unspecified atom stereocenters. The van der Waals surface area contributed by atoms with Crippen molar-refractivity contribution in [3.8, 4) is 11.5 Å². The van der Waals surface area contributed by atoms with Crippen molar-refractivity contribution in [3.63, 3.8) is 0 Å². The average molecular weight is 222 g/mol. The van der Waals surface area contributed by atoms with Crippen LogP contribution in [0.15, 0.2) is 15.8 Å². The van der Waals surface area contributed by atoms with Gasteiger partial charge in [0, 0.05) is 18.2 Å². The third kappa shape index (κ3) is 4.00. The van der Waals surface area contributed by atoms with E-state index in [0.29, 0.717) is 12.0 Å². The minimum atomic E-state index is -1.38. The monoisotopic (exact) mass is 222 g/mol. The van der Waals surface area contributed by atoms with E-state index in [0.717, 1.165) is 0 Å². The second-order valence-electron chi connectivity index (χ2n) is 4.33. The summed E-state index contributed by atoms with van der Waals surface area (Å²) >= 11 is 0. The van der Waals surface area contributed by atoms with Gasteiger partial charge in [-0.1, -0.05) is 19.6 Å². The highest BCUT2D eigenvalue weighted by Gasteiger charge is 2.07. The molecule has 0 aromatic carbocycles. The molecule has 5 heteroatoms. The molecule has 0 radical (unpaired) electrons. The van der Waals surface area contributed by atoms with Crippen LogP contribution < -0.4 is 11.2 Å². The van der Waals surface area contributed by atoms with Gasteiger partial charge in [0.15, 0.2) is 0 Å². The second-order valence-corrected chi connectivity index (χ2v) is 9.08. The van der Waals surface area contributed by atoms with Crippen molar-refractivity contribution < 1.29 is 0 Å². The number of hydrogen-bond donors (Lipinski definition) is 2. The van der Waals surface area contributed by atoms with Crippen LogP contribution in [-0.4, -0.2) is 18.0 Å². The Kier molecular flexibility index (Phi) is 3.32. The highest BCUT2D eigenvalue weighted by atomic mass is 28.3. The van der Waals surface area contributed by atoms with Crippen molar-refractivity contribution in [2.45, 2.75) is 26.1 Å². The predicted molar refractivity (Wildman–Crippen MR) is 62.5 cm³/mol. The van der Waals surface area contributed by atoms with Gasteiger partial charge in [-0.15, -0.1) is 11.5 Å². The van der Waals surface area contributed by atoms with Crippen molar-refractivity contribution in [1.82, 2.24) is 9.97 Å². The van der Waals surface area contributed by atoms with Crippen LogP contribution in [0.5, 0.6) is 0 Å². The van der Waals surface area contributed by atoms with Crippen LogP contribution in [0.1, 0.15) is 5.56 Å². The van der Waals surface area contributed by atoms with Crippen molar-refractivity contribution in [1.29, 1.82) is 0 Å². The van der Waals surface area contributed by atoms with Gasteiger partial charge in [0.2, 0.25) is 0 Å². The first-order valence-corrected chi connectivity index (χ1v) is 8.19. The summed E-state index contributed by atoms with van der Waals surface area (Å²) < 4.78 is 0. The zero-order chi connectivity index (χ0) is 11.5. The van der Waals surface area contributed by atoms with Gasteiger partial charge < -0.3 is 4.98 Å². The molecule has 0 aliphatic heterocycles. The molecule has 0 spiro atoms. The quantitative estimate of drug-likeness (QED) is 0.536. The molecule has 1 aromatic rings. The van der Waals surface area contributed by atoms with E-state index in [4.69, 9.17) is 0 Å². The van der Waals surface area contributed by atoms with E-state index in [9.17, 15) is 9.59 Å². The van der Waals surface area contributed by atoms with E-state index in [-0.39, 0.29) is 5.56 Å². The number of H-pyrrole nitrogens is 2. The number of aromatic nitrogens is 2. The lowest BCUT2D eigenvalue weighted by Gasteiger charge is -2.03. The molecule has 0 atom stereocenters. The molecule has 0 amide bonds. The summed E-state index contributed by atoms with van der Waals surface area (Å²) in [4.78, 5) is 26.6. The standard InChI is InChI=1S/C10H14N2O2Si/c1-15(2,3)6-4-5-8-7-11-10(14)12-9(8)13/h7H,5H2,1-3H3,(H2,11,12,13,14). The smallest absolute Gasteiger partial charge is 0.314 e. The average Bonchev–Trinajstić information content (AvgIpc) is 2.07. The normalized spacial score (nSPS) is 10.6. The first kappa shape index (κ1) is 11.5. The molecule has 0 aliphatic carbocycles. The van der Waals surface area contributed by atoms with Crippen LogP contribution in [0.2, 0.25) is 19.6 Å². The Labute approximate surface area is 88.8 Å². The fraction of sp³-hybridized carbons (Fsp3) is 0.400. The highest BCUT2D eigenvalue weighted by Crippen LogP contribution is 1.96. The molecule has 4 nitrogen and oxygen atoms in total. The van der Waals surface area contributed by atoms with Crippen molar-refractivity contribution in [3.05, 3.63) is 32.6 Å². The van der Waals surface area contributed by atoms with Crippen LogP contribution in [-0.2, 0) is 6.42 Å². The fourth-order valence-electron chi connectivity index (χ4n) is 0.974. The van der Waals surface area contributed by atoms with Crippen molar-refractivity contribution in [2.24, 2.45) is 0 Å². The molecule has 0 fully saturated rings. The molecule has 15 heavy (non-hydrogen) atoms. The Morgan fingerprint density at radius 2 is 2.00 bits per heavy atom. The Morgan fingerprint density at radius 3 is 2.53 bits per heavy atom. The molecule has 0 bridgehead atoms. The molecule has 0 aliphatic rings. The third-order valence-corrected chi connectivity index (χ3v) is 2.57. The molecule has 0 saturated heterocycles. The Bertz CT molecular complexity index is 511. The molecule has 1 heterocycles. The minimum absolute atomic E-state index is 0.358. The molecule has 80 valence electrons. The van der Waals surface area contributed by atoms with Crippen LogP contribution in [0.3, 0.4) is 0 Å². The molecule has 1 aromatic heterocycles. The summed E-state index contributed by atoms with van der Waals surface area (Å²) in [5.41, 5.74) is 2.81. The molecule has 0 saturated carbocycles. The number of rotatable bonds is 1. The molecular weight excluding hydrogens is 208 g/mol. The molecule has 2 N–H and O–H groups in total. The largest absolute Gasteiger partial charge is 0.325 e. The van der Waals surface area contributed by atoms with Gasteiger partial charge in [-0.25, -0.2) is 4.79 Å². The van der Waals surface area contributed by atoms with E-state index < -0.39 is 13.8 Å². The lowest BCUT2D eigenvalue weighted by atomic mass is 10.2. The first-order valence-electron chi connectivity index (χ1n) is 4.69.